The molecule has 0 bridgehead atoms. The average Bonchev–Trinajstić information content (AvgIpc) is 3.01. The van der Waals surface area contributed by atoms with Crippen LogP contribution in [0.1, 0.15) is 38.5 Å². The van der Waals surface area contributed by atoms with Gasteiger partial charge in [-0.2, -0.15) is 0 Å². The van der Waals surface area contributed by atoms with Crippen molar-refractivity contribution < 1.29 is 9.72 Å². The fraction of sp³-hybridized carbons (Fsp3) is 0.562. The maximum atomic E-state index is 12.0. The molecule has 0 aromatic heterocycles. The summed E-state index contributed by atoms with van der Waals surface area (Å²) < 4.78 is 0. The van der Waals surface area contributed by atoms with Crippen LogP contribution in [0.5, 0.6) is 0 Å². The van der Waals surface area contributed by atoms with Crippen LogP contribution in [0.15, 0.2) is 24.3 Å². The number of carbonyl (C=O) groups is 1. The van der Waals surface area contributed by atoms with Crippen molar-refractivity contribution in [3.05, 3.63) is 34.4 Å². The third kappa shape index (κ3) is 5.65. The highest BCUT2D eigenvalue weighted by Gasteiger charge is 2.33. The number of nitrogens with zero attached hydrogens (tertiary/aromatic N) is 1. The SMILES string of the molecule is Cl.NCC1(NC(=O)CCCNc2ccc([N+](=O)[O-])cc2)CCCC1. The van der Waals surface area contributed by atoms with E-state index in [1.165, 1.54) is 12.1 Å². The van der Waals surface area contributed by atoms with Gasteiger partial charge in [0.05, 0.1) is 10.5 Å². The molecule has 24 heavy (non-hydrogen) atoms. The summed E-state index contributed by atoms with van der Waals surface area (Å²) in [5.74, 6) is 0.0443. The minimum Gasteiger partial charge on any atom is -0.385 e. The van der Waals surface area contributed by atoms with Crippen molar-refractivity contribution in [3.8, 4) is 0 Å². The Morgan fingerprint density at radius 2 is 1.88 bits per heavy atom. The molecule has 1 aromatic carbocycles. The van der Waals surface area contributed by atoms with Crippen molar-refractivity contribution in [2.45, 2.75) is 44.1 Å². The van der Waals surface area contributed by atoms with Gasteiger partial charge in [-0.15, -0.1) is 12.4 Å². The van der Waals surface area contributed by atoms with Gasteiger partial charge in [-0.05, 0) is 31.4 Å². The average molecular weight is 357 g/mol. The highest BCUT2D eigenvalue weighted by molar-refractivity contribution is 5.85. The van der Waals surface area contributed by atoms with E-state index >= 15 is 0 Å². The van der Waals surface area contributed by atoms with E-state index in [9.17, 15) is 14.9 Å². The molecule has 0 atom stereocenters. The largest absolute Gasteiger partial charge is 0.385 e. The van der Waals surface area contributed by atoms with Crippen LogP contribution in [-0.4, -0.2) is 29.5 Å². The Morgan fingerprint density at radius 3 is 2.42 bits per heavy atom. The number of hydrogen-bond acceptors (Lipinski definition) is 5. The first-order valence-electron chi connectivity index (χ1n) is 8.04. The van der Waals surface area contributed by atoms with Crippen molar-refractivity contribution in [2.24, 2.45) is 5.73 Å². The van der Waals surface area contributed by atoms with Gasteiger partial charge in [-0.25, -0.2) is 0 Å². The molecule has 0 spiro atoms. The topological polar surface area (TPSA) is 110 Å². The first-order valence-corrected chi connectivity index (χ1v) is 8.04. The zero-order valence-corrected chi connectivity index (χ0v) is 14.4. The number of non-ortho nitro benzene ring substituents is 1. The fourth-order valence-electron chi connectivity index (χ4n) is 2.97. The van der Waals surface area contributed by atoms with Gasteiger partial charge in [-0.3, -0.25) is 14.9 Å². The summed E-state index contributed by atoms with van der Waals surface area (Å²) in [6.07, 6.45) is 5.33. The van der Waals surface area contributed by atoms with E-state index in [-0.39, 0.29) is 29.5 Å². The monoisotopic (exact) mass is 356 g/mol. The van der Waals surface area contributed by atoms with Crippen LogP contribution in [-0.2, 0) is 4.79 Å². The summed E-state index contributed by atoms with van der Waals surface area (Å²) in [6.45, 7) is 1.14. The summed E-state index contributed by atoms with van der Waals surface area (Å²) in [4.78, 5) is 22.2. The standard InChI is InChI=1S/C16H24N4O3.ClH/c17-12-16(9-1-2-10-16)19-15(21)4-3-11-18-13-5-7-14(8-6-13)20(22)23;/h5-8,18H,1-4,9-12,17H2,(H,19,21);1H. The predicted octanol–water partition coefficient (Wildman–Crippen LogP) is 2.60. The van der Waals surface area contributed by atoms with Gasteiger partial charge in [0.25, 0.3) is 5.69 Å². The molecule has 0 radical (unpaired) electrons. The number of nitro groups is 1. The van der Waals surface area contributed by atoms with Gasteiger partial charge >= 0.3 is 0 Å². The Bertz CT molecular complexity index is 545. The van der Waals surface area contributed by atoms with Crippen molar-refractivity contribution in [1.29, 1.82) is 0 Å². The number of nitro benzene ring substituents is 1. The number of rotatable bonds is 8. The summed E-state index contributed by atoms with van der Waals surface area (Å²) in [7, 11) is 0. The highest BCUT2D eigenvalue weighted by Crippen LogP contribution is 2.28. The lowest BCUT2D eigenvalue weighted by atomic mass is 9.97. The molecule has 8 heteroatoms. The number of anilines is 1. The Balaban J connectivity index is 0.00000288. The van der Waals surface area contributed by atoms with Crippen LogP contribution in [0.25, 0.3) is 0 Å². The molecule has 1 aliphatic rings. The summed E-state index contributed by atoms with van der Waals surface area (Å²) in [6, 6.07) is 6.25. The van der Waals surface area contributed by atoms with E-state index in [2.05, 4.69) is 10.6 Å². The summed E-state index contributed by atoms with van der Waals surface area (Å²) in [5, 5.41) is 16.8. The highest BCUT2D eigenvalue weighted by atomic mass is 35.5. The van der Waals surface area contributed by atoms with Gasteiger partial charge in [0, 0.05) is 37.3 Å². The van der Waals surface area contributed by atoms with Crippen LogP contribution in [0.4, 0.5) is 11.4 Å². The fourth-order valence-corrected chi connectivity index (χ4v) is 2.97. The van der Waals surface area contributed by atoms with Gasteiger partial charge in [0.1, 0.15) is 0 Å². The zero-order chi connectivity index (χ0) is 16.7. The lowest BCUT2D eigenvalue weighted by Gasteiger charge is -2.28. The Kier molecular flexibility index (Phi) is 7.94. The molecular formula is C16H25ClN4O3. The van der Waals surface area contributed by atoms with E-state index in [0.29, 0.717) is 25.9 Å². The minimum absolute atomic E-state index is 0. The first-order chi connectivity index (χ1) is 11.0. The Labute approximate surface area is 147 Å². The smallest absolute Gasteiger partial charge is 0.269 e. The number of hydrogen-bond donors (Lipinski definition) is 3. The van der Waals surface area contributed by atoms with Gasteiger partial charge in [0.15, 0.2) is 0 Å². The van der Waals surface area contributed by atoms with E-state index < -0.39 is 4.92 Å². The van der Waals surface area contributed by atoms with Crippen LogP contribution < -0.4 is 16.4 Å². The molecule has 0 heterocycles. The molecule has 1 fully saturated rings. The van der Waals surface area contributed by atoms with Crippen molar-refractivity contribution in [3.63, 3.8) is 0 Å². The zero-order valence-electron chi connectivity index (χ0n) is 13.6. The molecule has 4 N–H and O–H groups in total. The van der Waals surface area contributed by atoms with E-state index in [0.717, 1.165) is 31.4 Å². The van der Waals surface area contributed by atoms with Crippen molar-refractivity contribution in [2.75, 3.05) is 18.4 Å². The van der Waals surface area contributed by atoms with Gasteiger partial charge in [-0.1, -0.05) is 12.8 Å². The molecule has 7 nitrogen and oxygen atoms in total. The lowest BCUT2D eigenvalue weighted by molar-refractivity contribution is -0.384. The van der Waals surface area contributed by atoms with Crippen molar-refractivity contribution in [1.82, 2.24) is 5.32 Å². The number of nitrogens with two attached hydrogens (primary N) is 1. The number of halogens is 1. The molecule has 134 valence electrons. The quantitative estimate of drug-likeness (QED) is 0.376. The summed E-state index contributed by atoms with van der Waals surface area (Å²) >= 11 is 0. The second kappa shape index (κ2) is 9.44. The first kappa shape index (κ1) is 20.2. The molecule has 2 rings (SSSR count). The van der Waals surface area contributed by atoms with Gasteiger partial charge < -0.3 is 16.4 Å². The Morgan fingerprint density at radius 1 is 1.25 bits per heavy atom. The van der Waals surface area contributed by atoms with Crippen molar-refractivity contribution >= 4 is 29.7 Å². The van der Waals surface area contributed by atoms with E-state index in [1.54, 1.807) is 12.1 Å². The molecule has 1 amide bonds. The minimum atomic E-state index is -0.426. The maximum Gasteiger partial charge on any atom is 0.269 e. The molecule has 1 aromatic rings. The molecular weight excluding hydrogens is 332 g/mol. The second-order valence-electron chi connectivity index (χ2n) is 6.07. The van der Waals surface area contributed by atoms with E-state index in [4.69, 9.17) is 5.73 Å². The van der Waals surface area contributed by atoms with Gasteiger partial charge in [0.2, 0.25) is 5.91 Å². The number of amides is 1. The molecule has 0 aliphatic heterocycles. The maximum absolute atomic E-state index is 12.0. The number of carbonyl (C=O) groups excluding carboxylic acids is 1. The number of nitrogens with one attached hydrogen (secondary N) is 2. The van der Waals surface area contributed by atoms with E-state index in [1.807, 2.05) is 0 Å². The number of benzene rings is 1. The predicted molar refractivity (Wildman–Crippen MR) is 96.5 cm³/mol. The molecule has 1 aliphatic carbocycles. The summed E-state index contributed by atoms with van der Waals surface area (Å²) in [5.41, 5.74) is 6.49. The van der Waals surface area contributed by atoms with Crippen LogP contribution in [0, 0.1) is 10.1 Å². The van der Waals surface area contributed by atoms with Crippen LogP contribution in [0.2, 0.25) is 0 Å². The Hall–Kier alpha value is -1.86. The van der Waals surface area contributed by atoms with Crippen LogP contribution in [0.3, 0.4) is 0 Å². The molecule has 0 unspecified atom stereocenters. The van der Waals surface area contributed by atoms with Crippen LogP contribution >= 0.6 is 12.4 Å². The normalized spacial score (nSPS) is 15.4. The molecule has 1 saturated carbocycles. The molecule has 0 saturated heterocycles. The second-order valence-corrected chi connectivity index (χ2v) is 6.07. The lowest BCUT2D eigenvalue weighted by Crippen LogP contribution is -2.51. The third-order valence-corrected chi connectivity index (χ3v) is 4.34. The third-order valence-electron chi connectivity index (χ3n) is 4.34.